The Morgan fingerprint density at radius 2 is 2.16 bits per heavy atom. The molecule has 9 heteroatoms. The van der Waals surface area contributed by atoms with Gasteiger partial charge in [0, 0.05) is 18.5 Å². The Labute approximate surface area is 142 Å². The topological polar surface area (TPSA) is 92.8 Å². The molecule has 0 spiro atoms. The number of halogens is 2. The molecule has 2 N–H and O–H groups in total. The lowest BCUT2D eigenvalue weighted by atomic mass is 10.2. The van der Waals surface area contributed by atoms with Crippen LogP contribution in [0, 0.1) is 11.6 Å². The lowest BCUT2D eigenvalue weighted by Gasteiger charge is -2.13. The van der Waals surface area contributed by atoms with Crippen LogP contribution in [0.5, 0.6) is 0 Å². The van der Waals surface area contributed by atoms with Gasteiger partial charge >= 0.3 is 0 Å². The third-order valence-electron chi connectivity index (χ3n) is 4.39. The average Bonchev–Trinajstić information content (AvgIpc) is 3.13. The summed E-state index contributed by atoms with van der Waals surface area (Å²) in [4.78, 5) is 19.9. The molecule has 0 unspecified atom stereocenters. The number of ether oxygens (including phenoxy) is 1. The highest BCUT2D eigenvalue weighted by Gasteiger charge is 2.32. The first-order valence-electron chi connectivity index (χ1n) is 8.27. The van der Waals surface area contributed by atoms with Gasteiger partial charge in [0.05, 0.1) is 12.3 Å². The van der Waals surface area contributed by atoms with E-state index >= 15 is 0 Å². The molecular formula is C16H17F2N5O2. The van der Waals surface area contributed by atoms with Crippen LogP contribution < -0.4 is 5.32 Å². The smallest absolute Gasteiger partial charge is 0.273 e. The van der Waals surface area contributed by atoms with E-state index in [0.29, 0.717) is 17.8 Å². The van der Waals surface area contributed by atoms with Crippen molar-refractivity contribution in [3.8, 4) is 0 Å². The van der Waals surface area contributed by atoms with E-state index in [9.17, 15) is 13.6 Å². The Kier molecular flexibility index (Phi) is 4.16. The lowest BCUT2D eigenvalue weighted by molar-refractivity contribution is 0.0391. The van der Waals surface area contributed by atoms with E-state index in [1.54, 1.807) is 0 Å². The van der Waals surface area contributed by atoms with Crippen LogP contribution in [0.25, 0.3) is 0 Å². The van der Waals surface area contributed by atoms with Gasteiger partial charge in [-0.2, -0.15) is 5.10 Å². The van der Waals surface area contributed by atoms with Crippen molar-refractivity contribution in [3.63, 3.8) is 0 Å². The number of aromatic amines is 1. The van der Waals surface area contributed by atoms with Crippen molar-refractivity contribution in [2.75, 3.05) is 6.54 Å². The molecule has 7 nitrogen and oxygen atoms in total. The standard InChI is InChI=1S/C16H17F2N5O2/c17-9-5-11(18)13(19-6-9)16(24)20-7-10-3-4-12(25-10)15-21-14(22-23-15)8-1-2-8/h5-6,8,10,12H,1-4,7H2,(H,20,24)(H,21,22,23)/t10-,12+/m1/s1. The fourth-order valence-corrected chi connectivity index (χ4v) is 2.88. The van der Waals surface area contributed by atoms with Crippen LogP contribution in [0.3, 0.4) is 0 Å². The van der Waals surface area contributed by atoms with E-state index in [-0.39, 0.29) is 18.8 Å². The van der Waals surface area contributed by atoms with E-state index in [1.807, 2.05) is 0 Å². The minimum atomic E-state index is -0.989. The fourth-order valence-electron chi connectivity index (χ4n) is 2.88. The normalized spacial score (nSPS) is 23.0. The highest BCUT2D eigenvalue weighted by Crippen LogP contribution is 2.39. The molecule has 0 bridgehead atoms. The maximum Gasteiger partial charge on any atom is 0.273 e. The van der Waals surface area contributed by atoms with Crippen LogP contribution in [-0.4, -0.2) is 38.7 Å². The second-order valence-corrected chi connectivity index (χ2v) is 6.37. The van der Waals surface area contributed by atoms with Crippen molar-refractivity contribution in [1.29, 1.82) is 0 Å². The zero-order valence-electron chi connectivity index (χ0n) is 13.3. The van der Waals surface area contributed by atoms with E-state index in [0.717, 1.165) is 37.7 Å². The molecule has 1 saturated heterocycles. The highest BCUT2D eigenvalue weighted by atomic mass is 19.1. The Balaban J connectivity index is 1.30. The van der Waals surface area contributed by atoms with Crippen molar-refractivity contribution in [3.05, 3.63) is 41.2 Å². The molecule has 2 aromatic rings. The van der Waals surface area contributed by atoms with Gasteiger partial charge in [-0.05, 0) is 25.7 Å². The Bertz CT molecular complexity index is 793. The molecule has 1 amide bonds. The molecular weight excluding hydrogens is 332 g/mol. The number of aromatic nitrogens is 4. The first-order chi connectivity index (χ1) is 12.1. The van der Waals surface area contributed by atoms with Crippen LogP contribution in [0.2, 0.25) is 0 Å². The zero-order chi connectivity index (χ0) is 17.4. The number of carbonyl (C=O) groups is 1. The van der Waals surface area contributed by atoms with Gasteiger partial charge in [-0.3, -0.25) is 9.89 Å². The van der Waals surface area contributed by atoms with Gasteiger partial charge in [-0.25, -0.2) is 18.7 Å². The van der Waals surface area contributed by atoms with Crippen LogP contribution in [0.1, 0.15) is 59.8 Å². The third-order valence-corrected chi connectivity index (χ3v) is 4.39. The number of rotatable bonds is 5. The number of nitrogens with one attached hydrogen (secondary N) is 2. The number of nitrogens with zero attached hydrogens (tertiary/aromatic N) is 3. The molecule has 1 aliphatic carbocycles. The quantitative estimate of drug-likeness (QED) is 0.861. The summed E-state index contributed by atoms with van der Waals surface area (Å²) in [6.45, 7) is 0.220. The lowest BCUT2D eigenvalue weighted by Crippen LogP contribution is -2.33. The van der Waals surface area contributed by atoms with Crippen LogP contribution in [0.4, 0.5) is 8.78 Å². The summed E-state index contributed by atoms with van der Waals surface area (Å²) < 4.78 is 32.3. The minimum Gasteiger partial charge on any atom is -0.365 e. The van der Waals surface area contributed by atoms with Gasteiger partial charge in [-0.15, -0.1) is 0 Å². The molecule has 2 atom stereocenters. The predicted molar refractivity (Wildman–Crippen MR) is 81.7 cm³/mol. The number of pyridine rings is 1. The van der Waals surface area contributed by atoms with Crippen molar-refractivity contribution >= 4 is 5.91 Å². The summed E-state index contributed by atoms with van der Waals surface area (Å²) in [5.41, 5.74) is -0.430. The fraction of sp³-hybridized carbons (Fsp3) is 0.500. The Morgan fingerprint density at radius 3 is 2.92 bits per heavy atom. The molecule has 0 aromatic carbocycles. The second kappa shape index (κ2) is 6.47. The van der Waals surface area contributed by atoms with Gasteiger partial charge in [0.1, 0.15) is 11.9 Å². The number of H-pyrrole nitrogens is 1. The summed E-state index contributed by atoms with van der Waals surface area (Å²) in [5, 5.41) is 9.71. The summed E-state index contributed by atoms with van der Waals surface area (Å²) in [5.74, 6) is -0.486. The van der Waals surface area contributed by atoms with Gasteiger partial charge in [0.15, 0.2) is 23.2 Å². The first kappa shape index (κ1) is 16.1. The first-order valence-corrected chi connectivity index (χ1v) is 8.27. The van der Waals surface area contributed by atoms with Gasteiger partial charge in [0.2, 0.25) is 0 Å². The largest absolute Gasteiger partial charge is 0.365 e. The monoisotopic (exact) mass is 349 g/mol. The van der Waals surface area contributed by atoms with Crippen molar-refractivity contribution in [2.24, 2.45) is 0 Å². The summed E-state index contributed by atoms with van der Waals surface area (Å²) in [7, 11) is 0. The molecule has 2 aliphatic rings. The van der Waals surface area contributed by atoms with Gasteiger partial charge in [0.25, 0.3) is 5.91 Å². The number of amides is 1. The predicted octanol–water partition coefficient (Wildman–Crippen LogP) is 2.01. The molecule has 3 heterocycles. The molecule has 2 aromatic heterocycles. The van der Waals surface area contributed by atoms with Crippen LogP contribution in [-0.2, 0) is 4.74 Å². The molecule has 2 fully saturated rings. The Hall–Kier alpha value is -2.42. The van der Waals surface area contributed by atoms with Gasteiger partial charge in [-0.1, -0.05) is 0 Å². The van der Waals surface area contributed by atoms with Crippen LogP contribution >= 0.6 is 0 Å². The molecule has 0 radical (unpaired) electrons. The van der Waals surface area contributed by atoms with Crippen molar-refractivity contribution in [1.82, 2.24) is 25.5 Å². The zero-order valence-corrected chi connectivity index (χ0v) is 13.3. The number of carbonyl (C=O) groups excluding carboxylic acids is 1. The van der Waals surface area contributed by atoms with Crippen molar-refractivity contribution in [2.45, 2.75) is 43.8 Å². The van der Waals surface area contributed by atoms with E-state index < -0.39 is 23.2 Å². The Morgan fingerprint density at radius 1 is 1.32 bits per heavy atom. The number of hydrogen-bond donors (Lipinski definition) is 2. The maximum absolute atomic E-state index is 13.5. The second-order valence-electron chi connectivity index (χ2n) is 6.37. The average molecular weight is 349 g/mol. The molecule has 132 valence electrons. The van der Waals surface area contributed by atoms with E-state index in [4.69, 9.17) is 4.74 Å². The highest BCUT2D eigenvalue weighted by molar-refractivity contribution is 5.92. The summed E-state index contributed by atoms with van der Waals surface area (Å²) in [6.07, 6.45) is 4.19. The SMILES string of the molecule is O=C(NC[C@H]1CC[C@@H](c2nc(C3CC3)n[nH]2)O1)c1ncc(F)cc1F. The van der Waals surface area contributed by atoms with Crippen LogP contribution in [0.15, 0.2) is 12.3 Å². The van der Waals surface area contributed by atoms with E-state index in [1.165, 1.54) is 0 Å². The molecule has 4 rings (SSSR count). The van der Waals surface area contributed by atoms with Crippen molar-refractivity contribution < 1.29 is 18.3 Å². The minimum absolute atomic E-state index is 0.178. The maximum atomic E-state index is 13.5. The molecule has 1 saturated carbocycles. The van der Waals surface area contributed by atoms with Gasteiger partial charge < -0.3 is 10.1 Å². The third kappa shape index (κ3) is 3.51. The van der Waals surface area contributed by atoms with E-state index in [2.05, 4.69) is 25.5 Å². The summed E-state index contributed by atoms with van der Waals surface area (Å²) in [6, 6.07) is 0.630. The number of hydrogen-bond acceptors (Lipinski definition) is 5. The molecule has 25 heavy (non-hydrogen) atoms. The summed E-state index contributed by atoms with van der Waals surface area (Å²) >= 11 is 0. The molecule has 1 aliphatic heterocycles.